The summed E-state index contributed by atoms with van der Waals surface area (Å²) >= 11 is 0. The number of hydrogen-bond acceptors (Lipinski definition) is 2. The van der Waals surface area contributed by atoms with Crippen molar-refractivity contribution in [3.63, 3.8) is 0 Å². The van der Waals surface area contributed by atoms with Gasteiger partial charge in [0.15, 0.2) is 0 Å². The highest BCUT2D eigenvalue weighted by atomic mass is 15.2. The number of nitrogens with zero attached hydrogens (tertiary/aromatic N) is 1. The summed E-state index contributed by atoms with van der Waals surface area (Å²) in [4.78, 5) is 2.72. The quantitative estimate of drug-likeness (QED) is 0.733. The van der Waals surface area contributed by atoms with Crippen molar-refractivity contribution in [2.75, 3.05) is 13.1 Å². The minimum absolute atomic E-state index is 0.732. The van der Waals surface area contributed by atoms with Gasteiger partial charge in [0.2, 0.25) is 0 Å². The van der Waals surface area contributed by atoms with E-state index in [9.17, 15) is 0 Å². The van der Waals surface area contributed by atoms with Gasteiger partial charge in [0, 0.05) is 18.1 Å². The fraction of sp³-hybridized carbons (Fsp3) is 1.00. The normalized spacial score (nSPS) is 28.2. The van der Waals surface area contributed by atoms with Gasteiger partial charge in [0.1, 0.15) is 0 Å². The van der Waals surface area contributed by atoms with Gasteiger partial charge in [0.05, 0.1) is 0 Å². The molecule has 0 aromatic carbocycles. The van der Waals surface area contributed by atoms with Gasteiger partial charge in [-0.05, 0) is 59.0 Å². The van der Waals surface area contributed by atoms with Crippen LogP contribution >= 0.6 is 0 Å². The van der Waals surface area contributed by atoms with Crippen molar-refractivity contribution < 1.29 is 0 Å². The lowest BCUT2D eigenvalue weighted by atomic mass is 9.97. The third-order valence-electron chi connectivity index (χ3n) is 4.33. The fourth-order valence-electron chi connectivity index (χ4n) is 3.17. The lowest BCUT2D eigenvalue weighted by molar-refractivity contribution is 0.100. The van der Waals surface area contributed by atoms with E-state index in [-0.39, 0.29) is 0 Å². The zero-order chi connectivity index (χ0) is 12.7. The van der Waals surface area contributed by atoms with E-state index in [1.165, 1.54) is 45.1 Å². The highest BCUT2D eigenvalue weighted by Gasteiger charge is 2.23. The van der Waals surface area contributed by atoms with E-state index in [4.69, 9.17) is 0 Å². The minimum Gasteiger partial charge on any atom is -0.314 e. The second-order valence-electron chi connectivity index (χ2n) is 5.67. The van der Waals surface area contributed by atoms with Gasteiger partial charge in [-0.1, -0.05) is 20.3 Å². The zero-order valence-electron chi connectivity index (χ0n) is 12.3. The molecule has 2 heteroatoms. The summed E-state index contributed by atoms with van der Waals surface area (Å²) in [6.07, 6.45) is 8.16. The largest absolute Gasteiger partial charge is 0.314 e. The van der Waals surface area contributed by atoms with Crippen LogP contribution in [0.1, 0.15) is 66.2 Å². The smallest absolute Gasteiger partial charge is 0.00697 e. The van der Waals surface area contributed by atoms with Gasteiger partial charge >= 0.3 is 0 Å². The van der Waals surface area contributed by atoms with Crippen molar-refractivity contribution in [3.8, 4) is 0 Å². The van der Waals surface area contributed by atoms with Gasteiger partial charge in [-0.25, -0.2) is 0 Å². The van der Waals surface area contributed by atoms with Gasteiger partial charge < -0.3 is 5.32 Å². The van der Waals surface area contributed by atoms with Gasteiger partial charge in [-0.15, -0.1) is 0 Å². The van der Waals surface area contributed by atoms with E-state index in [1.54, 1.807) is 0 Å². The average molecular weight is 240 g/mol. The molecule has 0 spiro atoms. The van der Waals surface area contributed by atoms with Gasteiger partial charge in [-0.2, -0.15) is 0 Å². The third-order valence-corrected chi connectivity index (χ3v) is 4.33. The van der Waals surface area contributed by atoms with Crippen LogP contribution in [0.2, 0.25) is 0 Å². The maximum Gasteiger partial charge on any atom is 0.00697 e. The first-order valence-electron chi connectivity index (χ1n) is 7.68. The van der Waals surface area contributed by atoms with Crippen molar-refractivity contribution in [3.05, 3.63) is 0 Å². The molecule has 102 valence electrons. The average Bonchev–Trinajstić information content (AvgIpc) is 2.31. The van der Waals surface area contributed by atoms with Crippen LogP contribution in [0.4, 0.5) is 0 Å². The van der Waals surface area contributed by atoms with Crippen LogP contribution in [0.3, 0.4) is 0 Å². The number of likely N-dealkylation sites (tertiary alicyclic amines) is 1. The molecule has 1 heterocycles. The summed E-state index contributed by atoms with van der Waals surface area (Å²) < 4.78 is 0. The third kappa shape index (κ3) is 4.97. The topological polar surface area (TPSA) is 15.3 Å². The van der Waals surface area contributed by atoms with Crippen molar-refractivity contribution in [1.82, 2.24) is 10.2 Å². The molecule has 0 amide bonds. The van der Waals surface area contributed by atoms with Crippen LogP contribution in [0.5, 0.6) is 0 Å². The van der Waals surface area contributed by atoms with E-state index in [1.807, 2.05) is 0 Å². The molecule has 1 saturated heterocycles. The van der Waals surface area contributed by atoms with Crippen molar-refractivity contribution in [2.24, 2.45) is 0 Å². The van der Waals surface area contributed by atoms with Crippen molar-refractivity contribution >= 4 is 0 Å². The Kier molecular flexibility index (Phi) is 7.14. The van der Waals surface area contributed by atoms with E-state index in [0.717, 1.165) is 24.7 Å². The summed E-state index contributed by atoms with van der Waals surface area (Å²) in [5.41, 5.74) is 0. The first kappa shape index (κ1) is 15.0. The molecule has 0 radical (unpaired) electrons. The first-order chi connectivity index (χ1) is 8.19. The molecule has 1 N–H and O–H groups in total. The second-order valence-corrected chi connectivity index (χ2v) is 5.67. The molecule has 1 fully saturated rings. The highest BCUT2D eigenvalue weighted by Crippen LogP contribution is 2.22. The van der Waals surface area contributed by atoms with Crippen LogP contribution < -0.4 is 5.32 Å². The van der Waals surface area contributed by atoms with E-state index in [2.05, 4.69) is 37.9 Å². The van der Waals surface area contributed by atoms with Crippen LogP contribution in [-0.4, -0.2) is 36.1 Å². The Labute approximate surface area is 108 Å². The number of piperidine rings is 1. The molecule has 0 saturated carbocycles. The molecule has 0 aromatic rings. The Hall–Kier alpha value is -0.0800. The molecule has 1 aliphatic rings. The Balaban J connectivity index is 2.24. The maximum absolute atomic E-state index is 3.57. The van der Waals surface area contributed by atoms with E-state index in [0.29, 0.717) is 0 Å². The molecule has 17 heavy (non-hydrogen) atoms. The summed E-state index contributed by atoms with van der Waals surface area (Å²) in [6.45, 7) is 11.7. The lowest BCUT2D eigenvalue weighted by Crippen LogP contribution is -2.44. The predicted molar refractivity (Wildman–Crippen MR) is 76.5 cm³/mol. The Bertz CT molecular complexity index is 183. The molecule has 1 unspecified atom stereocenters. The van der Waals surface area contributed by atoms with Crippen LogP contribution in [0.15, 0.2) is 0 Å². The standard InChI is InChI=1S/C15H32N2/c1-5-15(16-6-2)11-8-12-17-13(3)9-7-10-14(17)4/h13-16H,5-12H2,1-4H3/t13-,14+,15?. The second kappa shape index (κ2) is 8.10. The molecular weight excluding hydrogens is 208 g/mol. The molecule has 0 aromatic heterocycles. The Morgan fingerprint density at radius 2 is 1.82 bits per heavy atom. The molecule has 0 aliphatic carbocycles. The monoisotopic (exact) mass is 240 g/mol. The number of rotatable bonds is 7. The highest BCUT2D eigenvalue weighted by molar-refractivity contribution is 4.79. The number of nitrogens with one attached hydrogen (secondary N) is 1. The predicted octanol–water partition coefficient (Wildman–Crippen LogP) is 3.42. The van der Waals surface area contributed by atoms with Crippen LogP contribution in [0.25, 0.3) is 0 Å². The Morgan fingerprint density at radius 3 is 2.35 bits per heavy atom. The zero-order valence-corrected chi connectivity index (χ0v) is 12.3. The van der Waals surface area contributed by atoms with E-state index >= 15 is 0 Å². The van der Waals surface area contributed by atoms with Crippen LogP contribution in [-0.2, 0) is 0 Å². The summed E-state index contributed by atoms with van der Waals surface area (Å²) in [6, 6.07) is 2.34. The van der Waals surface area contributed by atoms with Crippen molar-refractivity contribution in [1.29, 1.82) is 0 Å². The van der Waals surface area contributed by atoms with Gasteiger partial charge in [0.25, 0.3) is 0 Å². The summed E-state index contributed by atoms with van der Waals surface area (Å²) in [5, 5.41) is 3.57. The van der Waals surface area contributed by atoms with Crippen molar-refractivity contribution in [2.45, 2.75) is 84.3 Å². The fourth-order valence-corrected chi connectivity index (χ4v) is 3.17. The molecule has 1 rings (SSSR count). The van der Waals surface area contributed by atoms with Crippen LogP contribution in [0, 0.1) is 0 Å². The van der Waals surface area contributed by atoms with Gasteiger partial charge in [-0.3, -0.25) is 4.90 Å². The molecular formula is C15H32N2. The maximum atomic E-state index is 3.57. The Morgan fingerprint density at radius 1 is 1.18 bits per heavy atom. The first-order valence-corrected chi connectivity index (χ1v) is 7.68. The summed E-state index contributed by atoms with van der Waals surface area (Å²) in [5.74, 6) is 0. The molecule has 3 atom stereocenters. The minimum atomic E-state index is 0.732. The molecule has 2 nitrogen and oxygen atoms in total. The SMILES string of the molecule is CCNC(CC)CCCN1[C@H](C)CCC[C@@H]1C. The molecule has 1 aliphatic heterocycles. The number of hydrogen-bond donors (Lipinski definition) is 1. The summed E-state index contributed by atoms with van der Waals surface area (Å²) in [7, 11) is 0. The lowest BCUT2D eigenvalue weighted by Gasteiger charge is -2.39. The van der Waals surface area contributed by atoms with E-state index < -0.39 is 0 Å². The molecule has 0 bridgehead atoms.